The molecular weight excluding hydrogens is 258 g/mol. The van der Waals surface area contributed by atoms with E-state index in [2.05, 4.69) is 28.2 Å². The molecule has 2 heterocycles. The Labute approximate surface area is 119 Å². The van der Waals surface area contributed by atoms with Gasteiger partial charge >= 0.3 is 0 Å². The molecule has 2 rings (SSSR count). The summed E-state index contributed by atoms with van der Waals surface area (Å²) < 4.78 is 5.39. The van der Waals surface area contributed by atoms with Crippen LogP contribution >= 0.6 is 11.3 Å². The number of ether oxygens (including phenoxy) is 1. The topological polar surface area (TPSA) is 32.7 Å². The van der Waals surface area contributed by atoms with Gasteiger partial charge in [-0.25, -0.2) is 0 Å². The van der Waals surface area contributed by atoms with E-state index in [4.69, 9.17) is 9.84 Å². The second-order valence-corrected chi connectivity index (χ2v) is 5.74. The average Bonchev–Trinajstić information content (AvgIpc) is 2.87. The summed E-state index contributed by atoms with van der Waals surface area (Å²) in [7, 11) is 1.80. The molecule has 1 saturated heterocycles. The third kappa shape index (κ3) is 4.32. The molecular formula is C15H21NO2S. The van der Waals surface area contributed by atoms with Gasteiger partial charge in [0.2, 0.25) is 0 Å². The van der Waals surface area contributed by atoms with Gasteiger partial charge in [-0.3, -0.25) is 4.90 Å². The number of aliphatic hydroxyl groups excluding tert-OH is 1. The highest BCUT2D eigenvalue weighted by Crippen LogP contribution is 2.21. The first-order valence-corrected chi connectivity index (χ1v) is 7.62. The molecule has 0 amide bonds. The van der Waals surface area contributed by atoms with Gasteiger partial charge in [-0.1, -0.05) is 11.8 Å². The molecule has 104 valence electrons. The predicted octanol–water partition coefficient (Wildman–Crippen LogP) is 2.09. The lowest BCUT2D eigenvalue weighted by Gasteiger charge is -2.30. The smallest absolute Gasteiger partial charge is 0.0595 e. The molecule has 19 heavy (non-hydrogen) atoms. The molecule has 0 aromatic carbocycles. The van der Waals surface area contributed by atoms with Gasteiger partial charge < -0.3 is 9.84 Å². The summed E-state index contributed by atoms with van der Waals surface area (Å²) in [6, 6.07) is 2.08. The summed E-state index contributed by atoms with van der Waals surface area (Å²) >= 11 is 1.77. The van der Waals surface area contributed by atoms with Crippen molar-refractivity contribution in [2.45, 2.75) is 31.9 Å². The minimum absolute atomic E-state index is 0.136. The van der Waals surface area contributed by atoms with Crippen LogP contribution in [-0.2, 0) is 11.3 Å². The number of hydrogen-bond acceptors (Lipinski definition) is 4. The molecule has 0 saturated carbocycles. The lowest BCUT2D eigenvalue weighted by atomic mass is 10.1. The number of methoxy groups -OCH3 is 1. The van der Waals surface area contributed by atoms with E-state index >= 15 is 0 Å². The fourth-order valence-corrected chi connectivity index (χ4v) is 3.17. The SMILES string of the molecule is COC1CCN(Cc2sccc2C#CCCO)CC1. The van der Waals surface area contributed by atoms with Crippen molar-refractivity contribution < 1.29 is 9.84 Å². The van der Waals surface area contributed by atoms with Crippen LogP contribution in [0.25, 0.3) is 0 Å². The average molecular weight is 279 g/mol. The molecule has 1 aliphatic heterocycles. The maximum absolute atomic E-state index is 8.75. The van der Waals surface area contributed by atoms with Crippen LogP contribution in [0.2, 0.25) is 0 Å². The van der Waals surface area contributed by atoms with Gasteiger partial charge in [-0.2, -0.15) is 0 Å². The Morgan fingerprint density at radius 3 is 2.95 bits per heavy atom. The van der Waals surface area contributed by atoms with Crippen LogP contribution in [-0.4, -0.2) is 42.9 Å². The first-order valence-electron chi connectivity index (χ1n) is 6.74. The largest absolute Gasteiger partial charge is 0.395 e. The Hall–Kier alpha value is -0.860. The number of thiophene rings is 1. The normalized spacial score (nSPS) is 17.2. The van der Waals surface area contributed by atoms with Gasteiger partial charge in [-0.05, 0) is 24.3 Å². The quantitative estimate of drug-likeness (QED) is 0.857. The molecule has 3 nitrogen and oxygen atoms in total. The van der Waals surface area contributed by atoms with Crippen LogP contribution in [0.15, 0.2) is 11.4 Å². The minimum atomic E-state index is 0.136. The molecule has 0 spiro atoms. The highest BCUT2D eigenvalue weighted by molar-refractivity contribution is 7.10. The van der Waals surface area contributed by atoms with Crippen molar-refractivity contribution in [2.24, 2.45) is 0 Å². The molecule has 4 heteroatoms. The fourth-order valence-electron chi connectivity index (χ4n) is 2.29. The maximum atomic E-state index is 8.75. The minimum Gasteiger partial charge on any atom is -0.395 e. The van der Waals surface area contributed by atoms with E-state index < -0.39 is 0 Å². The van der Waals surface area contributed by atoms with Crippen LogP contribution in [0.1, 0.15) is 29.7 Å². The molecule has 0 atom stereocenters. The van der Waals surface area contributed by atoms with Crippen molar-refractivity contribution in [3.05, 3.63) is 21.9 Å². The number of piperidine rings is 1. The molecule has 1 fully saturated rings. The van der Waals surface area contributed by atoms with Crippen LogP contribution in [0.5, 0.6) is 0 Å². The lowest BCUT2D eigenvalue weighted by molar-refractivity contribution is 0.0391. The standard InChI is InChI=1S/C15H21NO2S/c1-18-14-5-8-16(9-6-14)12-15-13(7-11-19-15)4-2-3-10-17/h7,11,14,17H,3,5-6,8-10,12H2,1H3. The maximum Gasteiger partial charge on any atom is 0.0595 e. The number of nitrogens with zero attached hydrogens (tertiary/aromatic N) is 1. The van der Waals surface area contributed by atoms with Gasteiger partial charge in [-0.15, -0.1) is 11.3 Å². The van der Waals surface area contributed by atoms with Crippen molar-refractivity contribution in [1.29, 1.82) is 0 Å². The van der Waals surface area contributed by atoms with Gasteiger partial charge in [0.25, 0.3) is 0 Å². The van der Waals surface area contributed by atoms with Gasteiger partial charge in [0.15, 0.2) is 0 Å². The Kier molecular flexibility index (Phi) is 5.87. The summed E-state index contributed by atoms with van der Waals surface area (Å²) in [5, 5.41) is 10.9. The third-order valence-electron chi connectivity index (χ3n) is 3.44. The van der Waals surface area contributed by atoms with Gasteiger partial charge in [0, 0.05) is 43.6 Å². The molecule has 0 unspecified atom stereocenters. The fraction of sp³-hybridized carbons (Fsp3) is 0.600. The summed E-state index contributed by atoms with van der Waals surface area (Å²) in [4.78, 5) is 3.81. The number of hydrogen-bond donors (Lipinski definition) is 1. The van der Waals surface area contributed by atoms with Crippen LogP contribution in [0.3, 0.4) is 0 Å². The van der Waals surface area contributed by atoms with E-state index in [1.165, 1.54) is 4.88 Å². The molecule has 0 radical (unpaired) electrons. The van der Waals surface area contributed by atoms with Crippen molar-refractivity contribution >= 4 is 11.3 Å². The van der Waals surface area contributed by atoms with E-state index in [1.54, 1.807) is 18.4 Å². The van der Waals surface area contributed by atoms with E-state index in [1.807, 2.05) is 0 Å². The summed E-state index contributed by atoms with van der Waals surface area (Å²) in [5.41, 5.74) is 1.12. The van der Waals surface area contributed by atoms with E-state index in [0.717, 1.165) is 38.0 Å². The van der Waals surface area contributed by atoms with Gasteiger partial charge in [0.1, 0.15) is 0 Å². The number of likely N-dealkylation sites (tertiary alicyclic amines) is 1. The number of rotatable bonds is 4. The van der Waals surface area contributed by atoms with Gasteiger partial charge in [0.05, 0.1) is 12.7 Å². The second-order valence-electron chi connectivity index (χ2n) is 4.74. The van der Waals surface area contributed by atoms with Crippen LogP contribution in [0, 0.1) is 11.8 Å². The monoisotopic (exact) mass is 279 g/mol. The Morgan fingerprint density at radius 1 is 1.47 bits per heavy atom. The van der Waals surface area contributed by atoms with E-state index in [0.29, 0.717) is 12.5 Å². The Balaban J connectivity index is 1.90. The molecule has 0 bridgehead atoms. The second kappa shape index (κ2) is 7.66. The Morgan fingerprint density at radius 2 is 2.26 bits per heavy atom. The zero-order valence-electron chi connectivity index (χ0n) is 11.4. The lowest BCUT2D eigenvalue weighted by Crippen LogP contribution is -2.36. The van der Waals surface area contributed by atoms with Crippen LogP contribution < -0.4 is 0 Å². The highest BCUT2D eigenvalue weighted by atomic mass is 32.1. The molecule has 1 aliphatic rings. The molecule has 0 aliphatic carbocycles. The predicted molar refractivity (Wildman–Crippen MR) is 78.2 cm³/mol. The molecule has 1 aromatic rings. The van der Waals surface area contributed by atoms with E-state index in [-0.39, 0.29) is 6.61 Å². The highest BCUT2D eigenvalue weighted by Gasteiger charge is 2.19. The first-order chi connectivity index (χ1) is 9.33. The molecule has 1 aromatic heterocycles. The summed E-state index contributed by atoms with van der Waals surface area (Å²) in [6.07, 6.45) is 3.22. The number of aliphatic hydroxyl groups is 1. The van der Waals surface area contributed by atoms with Crippen molar-refractivity contribution in [3.8, 4) is 11.8 Å². The summed E-state index contributed by atoms with van der Waals surface area (Å²) in [6.45, 7) is 3.31. The Bertz CT molecular complexity index is 438. The summed E-state index contributed by atoms with van der Waals surface area (Å²) in [5.74, 6) is 6.15. The van der Waals surface area contributed by atoms with Crippen molar-refractivity contribution in [1.82, 2.24) is 4.90 Å². The van der Waals surface area contributed by atoms with Crippen molar-refractivity contribution in [3.63, 3.8) is 0 Å². The van der Waals surface area contributed by atoms with Crippen LogP contribution in [0.4, 0.5) is 0 Å². The zero-order valence-corrected chi connectivity index (χ0v) is 12.2. The third-order valence-corrected chi connectivity index (χ3v) is 4.35. The first kappa shape index (κ1) is 14.5. The molecule has 1 N–H and O–H groups in total. The van der Waals surface area contributed by atoms with E-state index in [9.17, 15) is 0 Å². The van der Waals surface area contributed by atoms with Crippen molar-refractivity contribution in [2.75, 3.05) is 26.8 Å². The zero-order chi connectivity index (χ0) is 13.5.